The molecule has 1 aromatic rings. The normalized spacial score (nSPS) is 14.8. The van der Waals surface area contributed by atoms with E-state index in [1.54, 1.807) is 7.11 Å². The zero-order valence-corrected chi connectivity index (χ0v) is 11.2. The van der Waals surface area contributed by atoms with E-state index in [2.05, 4.69) is 22.4 Å². The lowest BCUT2D eigenvalue weighted by Gasteiger charge is -2.21. The van der Waals surface area contributed by atoms with Gasteiger partial charge in [-0.25, -0.2) is 0 Å². The fourth-order valence-electron chi connectivity index (χ4n) is 1.49. The van der Waals surface area contributed by atoms with E-state index in [1.807, 2.05) is 13.8 Å². The maximum absolute atomic E-state index is 5.64. The first-order valence-corrected chi connectivity index (χ1v) is 6.25. The largest absolute Gasteiger partial charge is 0.422 e. The Morgan fingerprint density at radius 3 is 2.71 bits per heavy atom. The van der Waals surface area contributed by atoms with Crippen LogP contribution in [0.1, 0.15) is 45.4 Å². The number of hydrogen-bond acceptors (Lipinski definition) is 5. The molecule has 1 atom stereocenters. The SMILES string of the molecule is CCNCCCc1nnc(C(C)(CC)OC)o1. The number of ether oxygens (including phenoxy) is 1. The highest BCUT2D eigenvalue weighted by Crippen LogP contribution is 2.26. The van der Waals surface area contributed by atoms with Crippen LogP contribution in [0.3, 0.4) is 0 Å². The third kappa shape index (κ3) is 3.78. The zero-order chi connectivity index (χ0) is 12.7. The van der Waals surface area contributed by atoms with Gasteiger partial charge in [-0.05, 0) is 32.9 Å². The predicted octanol–water partition coefficient (Wildman–Crippen LogP) is 1.88. The van der Waals surface area contributed by atoms with Gasteiger partial charge in [0.15, 0.2) is 0 Å². The van der Waals surface area contributed by atoms with E-state index < -0.39 is 5.60 Å². The van der Waals surface area contributed by atoms with Crippen LogP contribution >= 0.6 is 0 Å². The average molecular weight is 241 g/mol. The summed E-state index contributed by atoms with van der Waals surface area (Å²) in [6, 6.07) is 0. The standard InChI is InChI=1S/C12H23N3O2/c1-5-12(3,16-4)11-15-14-10(17-11)8-7-9-13-6-2/h13H,5-9H2,1-4H3. The van der Waals surface area contributed by atoms with E-state index in [-0.39, 0.29) is 0 Å². The quantitative estimate of drug-likeness (QED) is 0.704. The molecular weight excluding hydrogens is 218 g/mol. The van der Waals surface area contributed by atoms with Crippen molar-refractivity contribution < 1.29 is 9.15 Å². The van der Waals surface area contributed by atoms with Gasteiger partial charge in [-0.1, -0.05) is 13.8 Å². The number of nitrogens with one attached hydrogen (secondary N) is 1. The summed E-state index contributed by atoms with van der Waals surface area (Å²) < 4.78 is 11.1. The molecule has 5 heteroatoms. The molecule has 0 aliphatic heterocycles. The lowest BCUT2D eigenvalue weighted by atomic mass is 10.0. The zero-order valence-electron chi connectivity index (χ0n) is 11.2. The number of aromatic nitrogens is 2. The molecule has 5 nitrogen and oxygen atoms in total. The summed E-state index contributed by atoms with van der Waals surface area (Å²) >= 11 is 0. The second-order valence-corrected chi connectivity index (χ2v) is 4.25. The second-order valence-electron chi connectivity index (χ2n) is 4.25. The van der Waals surface area contributed by atoms with Crippen molar-refractivity contribution in [2.75, 3.05) is 20.2 Å². The molecule has 0 spiro atoms. The van der Waals surface area contributed by atoms with Gasteiger partial charge in [0.1, 0.15) is 5.60 Å². The Bertz CT molecular complexity index is 321. The molecule has 0 aliphatic carbocycles. The van der Waals surface area contributed by atoms with E-state index in [4.69, 9.17) is 9.15 Å². The Morgan fingerprint density at radius 1 is 1.35 bits per heavy atom. The average Bonchev–Trinajstić information content (AvgIpc) is 2.83. The van der Waals surface area contributed by atoms with Gasteiger partial charge in [0, 0.05) is 13.5 Å². The summed E-state index contributed by atoms with van der Waals surface area (Å²) in [4.78, 5) is 0. The van der Waals surface area contributed by atoms with Gasteiger partial charge in [-0.3, -0.25) is 0 Å². The van der Waals surface area contributed by atoms with Crippen LogP contribution in [0.25, 0.3) is 0 Å². The lowest BCUT2D eigenvalue weighted by Crippen LogP contribution is -2.23. The number of methoxy groups -OCH3 is 1. The number of hydrogen-bond donors (Lipinski definition) is 1. The fraction of sp³-hybridized carbons (Fsp3) is 0.833. The molecular formula is C12H23N3O2. The third-order valence-electron chi connectivity index (χ3n) is 3.04. The van der Waals surface area contributed by atoms with Crippen molar-refractivity contribution in [3.63, 3.8) is 0 Å². The summed E-state index contributed by atoms with van der Waals surface area (Å²) in [5.41, 5.74) is -0.465. The summed E-state index contributed by atoms with van der Waals surface area (Å²) in [5, 5.41) is 11.4. The topological polar surface area (TPSA) is 60.2 Å². The van der Waals surface area contributed by atoms with Crippen LogP contribution in [-0.4, -0.2) is 30.4 Å². The first-order valence-electron chi connectivity index (χ1n) is 6.25. The van der Waals surface area contributed by atoms with Crippen LogP contribution in [0.15, 0.2) is 4.42 Å². The van der Waals surface area contributed by atoms with Crippen LogP contribution in [0.4, 0.5) is 0 Å². The molecule has 1 N–H and O–H groups in total. The number of nitrogens with zero attached hydrogens (tertiary/aromatic N) is 2. The molecule has 1 unspecified atom stereocenters. The molecule has 0 fully saturated rings. The number of rotatable bonds is 8. The Morgan fingerprint density at radius 2 is 2.12 bits per heavy atom. The molecule has 0 aromatic carbocycles. The van der Waals surface area contributed by atoms with Crippen molar-refractivity contribution in [3.05, 3.63) is 11.8 Å². The van der Waals surface area contributed by atoms with E-state index in [0.717, 1.165) is 32.4 Å². The smallest absolute Gasteiger partial charge is 0.247 e. The molecule has 1 heterocycles. The number of aryl methyl sites for hydroxylation is 1. The maximum Gasteiger partial charge on any atom is 0.247 e. The minimum Gasteiger partial charge on any atom is -0.422 e. The van der Waals surface area contributed by atoms with Crippen LogP contribution in [0.5, 0.6) is 0 Å². The first-order chi connectivity index (χ1) is 8.16. The van der Waals surface area contributed by atoms with Gasteiger partial charge < -0.3 is 14.5 Å². The van der Waals surface area contributed by atoms with Crippen molar-refractivity contribution in [3.8, 4) is 0 Å². The van der Waals surface area contributed by atoms with Gasteiger partial charge in [-0.2, -0.15) is 0 Å². The van der Waals surface area contributed by atoms with Crippen molar-refractivity contribution in [2.24, 2.45) is 0 Å². The molecule has 0 saturated heterocycles. The molecule has 0 amide bonds. The molecule has 17 heavy (non-hydrogen) atoms. The monoisotopic (exact) mass is 241 g/mol. The molecule has 0 saturated carbocycles. The summed E-state index contributed by atoms with van der Waals surface area (Å²) in [6.07, 6.45) is 2.62. The fourth-order valence-corrected chi connectivity index (χ4v) is 1.49. The lowest BCUT2D eigenvalue weighted by molar-refractivity contribution is -0.0242. The Labute approximate surface area is 103 Å². The minimum atomic E-state index is -0.465. The Kier molecular flexibility index (Phi) is 5.58. The van der Waals surface area contributed by atoms with Crippen LogP contribution in [0.2, 0.25) is 0 Å². The van der Waals surface area contributed by atoms with Crippen LogP contribution in [0, 0.1) is 0 Å². The highest BCUT2D eigenvalue weighted by atomic mass is 16.5. The molecule has 1 rings (SSSR count). The summed E-state index contributed by atoms with van der Waals surface area (Å²) in [7, 11) is 1.67. The summed E-state index contributed by atoms with van der Waals surface area (Å²) in [5.74, 6) is 1.26. The van der Waals surface area contributed by atoms with E-state index >= 15 is 0 Å². The van der Waals surface area contributed by atoms with Gasteiger partial charge in [0.25, 0.3) is 0 Å². The van der Waals surface area contributed by atoms with Crippen LogP contribution < -0.4 is 5.32 Å². The first kappa shape index (κ1) is 14.1. The molecule has 0 radical (unpaired) electrons. The van der Waals surface area contributed by atoms with E-state index in [0.29, 0.717) is 11.8 Å². The van der Waals surface area contributed by atoms with Gasteiger partial charge in [0.2, 0.25) is 11.8 Å². The minimum absolute atomic E-state index is 0.465. The maximum atomic E-state index is 5.64. The van der Waals surface area contributed by atoms with Crippen molar-refractivity contribution in [1.29, 1.82) is 0 Å². The molecule has 0 bridgehead atoms. The molecule has 1 aromatic heterocycles. The van der Waals surface area contributed by atoms with Crippen molar-refractivity contribution in [1.82, 2.24) is 15.5 Å². The van der Waals surface area contributed by atoms with Crippen molar-refractivity contribution in [2.45, 2.75) is 45.6 Å². The van der Waals surface area contributed by atoms with E-state index in [9.17, 15) is 0 Å². The Balaban J connectivity index is 2.53. The molecule has 0 aliphatic rings. The van der Waals surface area contributed by atoms with E-state index in [1.165, 1.54) is 0 Å². The highest BCUT2D eigenvalue weighted by Gasteiger charge is 2.30. The summed E-state index contributed by atoms with van der Waals surface area (Å²) in [6.45, 7) is 8.06. The van der Waals surface area contributed by atoms with Crippen molar-refractivity contribution >= 4 is 0 Å². The second kappa shape index (κ2) is 6.71. The van der Waals surface area contributed by atoms with Gasteiger partial charge in [-0.15, -0.1) is 10.2 Å². The van der Waals surface area contributed by atoms with Gasteiger partial charge >= 0.3 is 0 Å². The predicted molar refractivity (Wildman–Crippen MR) is 65.8 cm³/mol. The van der Waals surface area contributed by atoms with Crippen LogP contribution in [-0.2, 0) is 16.8 Å². The Hall–Kier alpha value is -0.940. The highest BCUT2D eigenvalue weighted by molar-refractivity contribution is 4.95. The molecule has 98 valence electrons. The third-order valence-corrected chi connectivity index (χ3v) is 3.04. The van der Waals surface area contributed by atoms with Gasteiger partial charge in [0.05, 0.1) is 0 Å².